The minimum absolute atomic E-state index is 0.0916. The zero-order valence-corrected chi connectivity index (χ0v) is 13.1. The van der Waals surface area contributed by atoms with Crippen molar-refractivity contribution < 1.29 is 23.1 Å². The molecule has 0 aliphatic heterocycles. The summed E-state index contributed by atoms with van der Waals surface area (Å²) in [5.74, 6) is 0.123. The molecule has 1 amide bonds. The third kappa shape index (κ3) is 4.42. The van der Waals surface area contributed by atoms with Crippen LogP contribution in [0.3, 0.4) is 0 Å². The van der Waals surface area contributed by atoms with Crippen molar-refractivity contribution in [1.82, 2.24) is 9.62 Å². The van der Waals surface area contributed by atoms with Crippen molar-refractivity contribution in [3.8, 4) is 5.75 Å². The van der Waals surface area contributed by atoms with Crippen molar-refractivity contribution in [2.75, 3.05) is 33.9 Å². The van der Waals surface area contributed by atoms with Gasteiger partial charge in [-0.05, 0) is 30.7 Å². The lowest BCUT2D eigenvalue weighted by atomic mass is 10.2. The molecule has 0 bridgehead atoms. The van der Waals surface area contributed by atoms with Gasteiger partial charge in [0.25, 0.3) is 0 Å². The van der Waals surface area contributed by atoms with E-state index in [1.807, 2.05) is 0 Å². The van der Waals surface area contributed by atoms with E-state index in [0.29, 0.717) is 11.3 Å². The Morgan fingerprint density at radius 3 is 2.62 bits per heavy atom. The van der Waals surface area contributed by atoms with Crippen LogP contribution in [0, 0.1) is 6.92 Å². The zero-order chi connectivity index (χ0) is 16.0. The number of sulfonamides is 1. The Bertz CT molecular complexity index is 601. The Kier molecular flexibility index (Phi) is 6.13. The van der Waals surface area contributed by atoms with Crippen LogP contribution in [-0.2, 0) is 14.8 Å². The Labute approximate surface area is 124 Å². The monoisotopic (exact) mass is 316 g/mol. The summed E-state index contributed by atoms with van der Waals surface area (Å²) in [6.07, 6.45) is 0. The fourth-order valence-corrected chi connectivity index (χ4v) is 2.94. The van der Waals surface area contributed by atoms with E-state index in [-0.39, 0.29) is 24.6 Å². The van der Waals surface area contributed by atoms with Crippen molar-refractivity contribution in [3.63, 3.8) is 0 Å². The van der Waals surface area contributed by atoms with Gasteiger partial charge in [-0.3, -0.25) is 4.79 Å². The second-order valence-corrected chi connectivity index (χ2v) is 6.51. The number of benzene rings is 1. The van der Waals surface area contributed by atoms with Gasteiger partial charge in [-0.2, -0.15) is 4.31 Å². The number of carbonyl (C=O) groups excluding carboxylic acids is 1. The van der Waals surface area contributed by atoms with E-state index in [1.54, 1.807) is 13.0 Å². The van der Waals surface area contributed by atoms with Gasteiger partial charge in [-0.15, -0.1) is 0 Å². The number of nitrogens with one attached hydrogen (secondary N) is 1. The molecule has 1 aromatic rings. The highest BCUT2D eigenvalue weighted by atomic mass is 32.2. The molecular formula is C13H20N2O5S. The predicted octanol–water partition coefficient (Wildman–Crippen LogP) is -0.267. The number of carbonyl (C=O) groups is 1. The topological polar surface area (TPSA) is 95.9 Å². The average molecular weight is 316 g/mol. The number of likely N-dealkylation sites (N-methyl/N-ethyl adjacent to an activating group) is 1. The van der Waals surface area contributed by atoms with E-state index < -0.39 is 15.9 Å². The molecule has 1 rings (SSSR count). The van der Waals surface area contributed by atoms with Gasteiger partial charge in [0.1, 0.15) is 5.75 Å². The number of rotatable bonds is 7. The summed E-state index contributed by atoms with van der Waals surface area (Å²) in [7, 11) is -0.917. The molecule has 0 heterocycles. The van der Waals surface area contributed by atoms with Crippen molar-refractivity contribution in [2.45, 2.75) is 11.8 Å². The number of hydrogen-bond acceptors (Lipinski definition) is 5. The minimum atomic E-state index is -3.75. The van der Waals surface area contributed by atoms with E-state index >= 15 is 0 Å². The van der Waals surface area contributed by atoms with Crippen LogP contribution >= 0.6 is 0 Å². The number of nitrogens with zero attached hydrogens (tertiary/aromatic N) is 1. The van der Waals surface area contributed by atoms with Crippen LogP contribution in [0.15, 0.2) is 23.1 Å². The quantitative estimate of drug-likeness (QED) is 0.722. The summed E-state index contributed by atoms with van der Waals surface area (Å²) in [6, 6.07) is 4.50. The average Bonchev–Trinajstić information content (AvgIpc) is 2.44. The summed E-state index contributed by atoms with van der Waals surface area (Å²) in [5.41, 5.74) is 0.691. The van der Waals surface area contributed by atoms with Gasteiger partial charge < -0.3 is 15.2 Å². The van der Waals surface area contributed by atoms with Gasteiger partial charge >= 0.3 is 0 Å². The van der Waals surface area contributed by atoms with Crippen LogP contribution in [-0.4, -0.2) is 57.6 Å². The molecular weight excluding hydrogens is 296 g/mol. The van der Waals surface area contributed by atoms with E-state index in [4.69, 9.17) is 9.84 Å². The number of aliphatic hydroxyl groups is 1. The molecule has 0 aromatic heterocycles. The van der Waals surface area contributed by atoms with Gasteiger partial charge in [0, 0.05) is 13.6 Å². The second kappa shape index (κ2) is 7.39. The van der Waals surface area contributed by atoms with Gasteiger partial charge in [-0.1, -0.05) is 0 Å². The number of hydrogen-bond donors (Lipinski definition) is 2. The number of ether oxygens (including phenoxy) is 1. The fourth-order valence-electron chi connectivity index (χ4n) is 1.73. The lowest BCUT2D eigenvalue weighted by Gasteiger charge is -2.17. The van der Waals surface area contributed by atoms with Gasteiger partial charge in [-0.25, -0.2) is 8.42 Å². The molecule has 0 atom stereocenters. The molecule has 8 heteroatoms. The summed E-state index contributed by atoms with van der Waals surface area (Å²) in [5, 5.41) is 11.0. The summed E-state index contributed by atoms with van der Waals surface area (Å²) in [4.78, 5) is 11.6. The Morgan fingerprint density at radius 2 is 2.10 bits per heavy atom. The molecule has 0 spiro atoms. The van der Waals surface area contributed by atoms with Crippen LogP contribution in [0.4, 0.5) is 0 Å². The molecule has 1 aromatic carbocycles. The molecule has 0 fully saturated rings. The normalized spacial score (nSPS) is 11.5. The molecule has 0 aliphatic rings. The second-order valence-electron chi connectivity index (χ2n) is 4.47. The van der Waals surface area contributed by atoms with Crippen molar-refractivity contribution in [3.05, 3.63) is 23.8 Å². The molecule has 0 saturated carbocycles. The lowest BCUT2D eigenvalue weighted by Crippen LogP contribution is -2.39. The van der Waals surface area contributed by atoms with Crippen molar-refractivity contribution in [2.24, 2.45) is 0 Å². The van der Waals surface area contributed by atoms with Crippen molar-refractivity contribution in [1.29, 1.82) is 0 Å². The summed E-state index contributed by atoms with van der Waals surface area (Å²) >= 11 is 0. The first-order valence-corrected chi connectivity index (χ1v) is 7.75. The maximum absolute atomic E-state index is 12.3. The molecule has 21 heavy (non-hydrogen) atoms. The standard InChI is InChI=1S/C13H20N2O5S/c1-10-8-11(4-5-12(10)20-3)21(18,19)15(2)9-13(17)14-6-7-16/h4-5,8,16H,6-7,9H2,1-3H3,(H,14,17). The highest BCUT2D eigenvalue weighted by Gasteiger charge is 2.23. The van der Waals surface area contributed by atoms with Gasteiger partial charge in [0.05, 0.1) is 25.2 Å². The maximum atomic E-state index is 12.3. The lowest BCUT2D eigenvalue weighted by molar-refractivity contribution is -0.121. The van der Waals surface area contributed by atoms with Crippen LogP contribution in [0.5, 0.6) is 5.75 Å². The molecule has 7 nitrogen and oxygen atoms in total. The maximum Gasteiger partial charge on any atom is 0.243 e. The number of methoxy groups -OCH3 is 1. The van der Waals surface area contributed by atoms with E-state index in [9.17, 15) is 13.2 Å². The number of aryl methyl sites for hydroxylation is 1. The molecule has 0 unspecified atom stereocenters. The molecule has 0 aliphatic carbocycles. The first kappa shape index (κ1) is 17.4. The Morgan fingerprint density at radius 1 is 1.43 bits per heavy atom. The first-order valence-electron chi connectivity index (χ1n) is 6.31. The van der Waals surface area contributed by atoms with E-state index in [0.717, 1.165) is 4.31 Å². The Hall–Kier alpha value is -1.64. The number of amides is 1. The van der Waals surface area contributed by atoms with Gasteiger partial charge in [0.15, 0.2) is 0 Å². The summed E-state index contributed by atoms with van der Waals surface area (Å²) in [6.45, 7) is 1.33. The van der Waals surface area contributed by atoms with E-state index in [1.165, 1.54) is 26.3 Å². The molecule has 2 N–H and O–H groups in total. The van der Waals surface area contributed by atoms with Gasteiger partial charge in [0.2, 0.25) is 15.9 Å². The molecule has 0 saturated heterocycles. The zero-order valence-electron chi connectivity index (χ0n) is 12.3. The van der Waals surface area contributed by atoms with Crippen LogP contribution in [0.25, 0.3) is 0 Å². The summed E-state index contributed by atoms with van der Waals surface area (Å²) < 4.78 is 30.7. The highest BCUT2D eigenvalue weighted by molar-refractivity contribution is 7.89. The fraction of sp³-hybridized carbons (Fsp3) is 0.462. The SMILES string of the molecule is COc1ccc(S(=O)(=O)N(C)CC(=O)NCCO)cc1C. The van der Waals surface area contributed by atoms with Crippen molar-refractivity contribution >= 4 is 15.9 Å². The highest BCUT2D eigenvalue weighted by Crippen LogP contribution is 2.23. The third-order valence-corrected chi connectivity index (χ3v) is 4.67. The number of aliphatic hydroxyl groups excluding tert-OH is 1. The van der Waals surface area contributed by atoms with E-state index in [2.05, 4.69) is 5.32 Å². The first-order chi connectivity index (χ1) is 9.82. The smallest absolute Gasteiger partial charge is 0.243 e. The Balaban J connectivity index is 2.89. The molecule has 0 radical (unpaired) electrons. The third-order valence-electron chi connectivity index (χ3n) is 2.87. The van der Waals surface area contributed by atoms with Crippen LogP contribution < -0.4 is 10.1 Å². The van der Waals surface area contributed by atoms with Crippen LogP contribution in [0.2, 0.25) is 0 Å². The van der Waals surface area contributed by atoms with Crippen LogP contribution in [0.1, 0.15) is 5.56 Å². The molecule has 118 valence electrons. The largest absolute Gasteiger partial charge is 0.496 e. The predicted molar refractivity (Wildman–Crippen MR) is 77.6 cm³/mol. The minimum Gasteiger partial charge on any atom is -0.496 e.